The zero-order valence-electron chi connectivity index (χ0n) is 24.6. The number of nitrogens with one attached hydrogen (secondary N) is 1. The lowest BCUT2D eigenvalue weighted by Gasteiger charge is -2.42. The standard InChI is InChI=1S/C30H41NO8Si/c1-29(2,3)40(7,8)39-25(22(18-32)31-28(34)36-19-20-14-10-9-11-15-20)27-26(37-30(4,5)38-27)24(33)21-16-12-13-17-23(21)35-6/h9-18,22,25-27H,19H2,1-8H3,(H,31,34)/t22-,25-,26-,27+/m1/s1. The summed E-state index contributed by atoms with van der Waals surface area (Å²) in [7, 11) is -1.08. The lowest BCUT2D eigenvalue weighted by atomic mass is 9.95. The van der Waals surface area contributed by atoms with Crippen LogP contribution in [-0.2, 0) is 30.0 Å². The number of methoxy groups -OCH3 is 1. The number of ether oxygens (including phenoxy) is 4. The smallest absolute Gasteiger partial charge is 0.408 e. The van der Waals surface area contributed by atoms with Crippen molar-refractivity contribution in [1.29, 1.82) is 0 Å². The zero-order chi connectivity index (χ0) is 29.7. The van der Waals surface area contributed by atoms with Crippen LogP contribution in [0.3, 0.4) is 0 Å². The van der Waals surface area contributed by atoms with Crippen LogP contribution in [0, 0.1) is 0 Å². The van der Waals surface area contributed by atoms with Gasteiger partial charge in [-0.1, -0.05) is 63.2 Å². The maximum absolute atomic E-state index is 13.9. The van der Waals surface area contributed by atoms with Crippen molar-refractivity contribution < 1.29 is 37.8 Å². The molecule has 2 aromatic carbocycles. The third kappa shape index (κ3) is 7.57. The van der Waals surface area contributed by atoms with Crippen molar-refractivity contribution in [3.05, 3.63) is 65.7 Å². The third-order valence-corrected chi connectivity index (χ3v) is 11.8. The lowest BCUT2D eigenvalue weighted by Crippen LogP contribution is -2.59. The summed E-state index contributed by atoms with van der Waals surface area (Å²) in [6.45, 7) is 13.6. The Morgan fingerprint density at radius 2 is 1.68 bits per heavy atom. The number of Topliss-reactive ketones (excluding diaryl/α,β-unsaturated/α-hetero) is 1. The Bertz CT molecular complexity index is 1180. The Labute approximate surface area is 237 Å². The molecule has 0 aliphatic carbocycles. The van der Waals surface area contributed by atoms with Crippen LogP contribution in [0.1, 0.15) is 50.5 Å². The Hall–Kier alpha value is -3.05. The first-order valence-corrected chi connectivity index (χ1v) is 16.2. The molecule has 1 aliphatic rings. The fourth-order valence-electron chi connectivity index (χ4n) is 4.19. The van der Waals surface area contributed by atoms with Crippen molar-refractivity contribution in [2.24, 2.45) is 0 Å². The van der Waals surface area contributed by atoms with E-state index in [1.165, 1.54) is 7.11 Å². The number of carbonyl (C=O) groups is 3. The van der Waals surface area contributed by atoms with Gasteiger partial charge in [-0.15, -0.1) is 0 Å². The second-order valence-corrected chi connectivity index (χ2v) is 16.6. The van der Waals surface area contributed by atoms with Gasteiger partial charge in [-0.25, -0.2) is 4.79 Å². The van der Waals surface area contributed by atoms with Gasteiger partial charge in [0.15, 0.2) is 26.0 Å². The Morgan fingerprint density at radius 3 is 2.27 bits per heavy atom. The van der Waals surface area contributed by atoms with Gasteiger partial charge in [0.1, 0.15) is 36.9 Å². The van der Waals surface area contributed by atoms with E-state index in [4.69, 9.17) is 23.4 Å². The molecule has 1 fully saturated rings. The maximum Gasteiger partial charge on any atom is 0.408 e. The molecule has 0 unspecified atom stereocenters. The van der Waals surface area contributed by atoms with E-state index < -0.39 is 44.6 Å². The van der Waals surface area contributed by atoms with Crippen LogP contribution in [0.5, 0.6) is 5.75 Å². The fraction of sp³-hybridized carbons (Fsp3) is 0.500. The first-order valence-electron chi connectivity index (χ1n) is 13.3. The summed E-state index contributed by atoms with van der Waals surface area (Å²) < 4.78 is 29.9. The molecule has 10 heteroatoms. The molecule has 0 bridgehead atoms. The number of alkyl carbamates (subject to hydrolysis) is 1. The van der Waals surface area contributed by atoms with Gasteiger partial charge in [0.25, 0.3) is 0 Å². The zero-order valence-corrected chi connectivity index (χ0v) is 25.6. The molecule has 0 spiro atoms. The molecule has 2 aromatic rings. The molecular formula is C30H41NO8Si. The SMILES string of the molecule is COc1ccccc1C(=O)[C@H]1OC(C)(C)O[C@H]1[C@H](O[Si](C)(C)C(C)(C)C)[C@@H](C=O)NC(=O)OCc1ccccc1. The largest absolute Gasteiger partial charge is 0.496 e. The van der Waals surface area contributed by atoms with Crippen LogP contribution in [0.25, 0.3) is 0 Å². The Balaban J connectivity index is 1.96. The normalized spacial score (nSPS) is 20.3. The van der Waals surface area contributed by atoms with Gasteiger partial charge >= 0.3 is 6.09 Å². The highest BCUT2D eigenvalue weighted by Gasteiger charge is 2.54. The molecule has 9 nitrogen and oxygen atoms in total. The van der Waals surface area contributed by atoms with E-state index in [-0.39, 0.29) is 17.4 Å². The number of rotatable bonds is 11. The van der Waals surface area contributed by atoms with Crippen LogP contribution in [-0.4, -0.2) is 63.7 Å². The predicted octanol–water partition coefficient (Wildman–Crippen LogP) is 5.28. The molecular weight excluding hydrogens is 530 g/mol. The summed E-state index contributed by atoms with van der Waals surface area (Å²) in [6, 6.07) is 14.8. The molecule has 1 amide bonds. The van der Waals surface area contributed by atoms with E-state index in [0.717, 1.165) is 5.56 Å². The van der Waals surface area contributed by atoms with Crippen molar-refractivity contribution >= 4 is 26.5 Å². The summed E-state index contributed by atoms with van der Waals surface area (Å²) in [5.41, 5.74) is 1.11. The highest BCUT2D eigenvalue weighted by Crippen LogP contribution is 2.41. The number of carbonyl (C=O) groups excluding carboxylic acids is 3. The average Bonchev–Trinajstić information content (AvgIpc) is 3.23. The fourth-order valence-corrected chi connectivity index (χ4v) is 5.50. The summed E-state index contributed by atoms with van der Waals surface area (Å²) >= 11 is 0. The number of benzene rings is 2. The van der Waals surface area contributed by atoms with Crippen molar-refractivity contribution in [1.82, 2.24) is 5.32 Å². The minimum absolute atomic E-state index is 0.0248. The highest BCUT2D eigenvalue weighted by atomic mass is 28.4. The van der Waals surface area contributed by atoms with E-state index in [2.05, 4.69) is 26.1 Å². The topological polar surface area (TPSA) is 109 Å². The van der Waals surface area contributed by atoms with Crippen LogP contribution in [0.2, 0.25) is 18.1 Å². The van der Waals surface area contributed by atoms with Gasteiger partial charge in [-0.3, -0.25) is 4.79 Å². The molecule has 1 saturated heterocycles. The number of para-hydroxylation sites is 1. The summed E-state index contributed by atoms with van der Waals surface area (Å²) in [6.07, 6.45) is -3.42. The summed E-state index contributed by atoms with van der Waals surface area (Å²) in [5.74, 6) is -1.16. The van der Waals surface area contributed by atoms with Crippen LogP contribution < -0.4 is 10.1 Å². The van der Waals surface area contributed by atoms with Gasteiger partial charge in [0.05, 0.1) is 12.7 Å². The monoisotopic (exact) mass is 571 g/mol. The molecule has 1 aliphatic heterocycles. The number of hydrogen-bond donors (Lipinski definition) is 1. The minimum Gasteiger partial charge on any atom is -0.496 e. The molecule has 40 heavy (non-hydrogen) atoms. The van der Waals surface area contributed by atoms with E-state index >= 15 is 0 Å². The van der Waals surface area contributed by atoms with Crippen LogP contribution in [0.4, 0.5) is 4.79 Å². The molecule has 1 N–H and O–H groups in total. The summed E-state index contributed by atoms with van der Waals surface area (Å²) in [4.78, 5) is 39.2. The van der Waals surface area contributed by atoms with E-state index in [1.54, 1.807) is 38.1 Å². The second-order valence-electron chi connectivity index (χ2n) is 11.8. The van der Waals surface area contributed by atoms with Gasteiger partial charge < -0.3 is 33.5 Å². The van der Waals surface area contributed by atoms with E-state index in [9.17, 15) is 14.4 Å². The van der Waals surface area contributed by atoms with E-state index in [1.807, 2.05) is 43.4 Å². The number of amides is 1. The van der Waals surface area contributed by atoms with Crippen LogP contribution in [0.15, 0.2) is 54.6 Å². The quantitative estimate of drug-likeness (QED) is 0.220. The van der Waals surface area contributed by atoms with Crippen LogP contribution >= 0.6 is 0 Å². The molecule has 1 heterocycles. The number of ketones is 1. The minimum atomic E-state index is -2.57. The van der Waals surface area contributed by atoms with E-state index in [0.29, 0.717) is 17.6 Å². The first-order chi connectivity index (χ1) is 18.7. The van der Waals surface area contributed by atoms with Gasteiger partial charge in [-0.2, -0.15) is 0 Å². The predicted molar refractivity (Wildman–Crippen MR) is 153 cm³/mol. The number of hydrogen-bond acceptors (Lipinski definition) is 8. The van der Waals surface area contributed by atoms with Gasteiger partial charge in [0, 0.05) is 0 Å². The second kappa shape index (κ2) is 12.6. The van der Waals surface area contributed by atoms with Crippen molar-refractivity contribution in [3.8, 4) is 5.75 Å². The van der Waals surface area contributed by atoms with Crippen molar-refractivity contribution in [2.45, 2.75) is 89.5 Å². The van der Waals surface area contributed by atoms with Gasteiger partial charge in [0.2, 0.25) is 0 Å². The molecule has 0 aromatic heterocycles. The molecule has 0 radical (unpaired) electrons. The van der Waals surface area contributed by atoms with Gasteiger partial charge in [-0.05, 0) is 49.7 Å². The molecule has 0 saturated carbocycles. The molecule has 3 rings (SSSR count). The molecule has 4 atom stereocenters. The van der Waals surface area contributed by atoms with Crippen molar-refractivity contribution in [2.75, 3.05) is 7.11 Å². The highest BCUT2D eigenvalue weighted by molar-refractivity contribution is 6.74. The summed E-state index contributed by atoms with van der Waals surface area (Å²) in [5, 5.41) is 2.39. The number of aldehydes is 1. The maximum atomic E-state index is 13.9. The third-order valence-electron chi connectivity index (χ3n) is 7.32. The Morgan fingerprint density at radius 1 is 1.05 bits per heavy atom. The lowest BCUT2D eigenvalue weighted by molar-refractivity contribution is -0.155. The van der Waals surface area contributed by atoms with Crippen molar-refractivity contribution in [3.63, 3.8) is 0 Å². The Kier molecular flexibility index (Phi) is 9.94. The molecule has 218 valence electrons. The average molecular weight is 572 g/mol. The first kappa shape index (κ1) is 31.5.